The van der Waals surface area contributed by atoms with E-state index in [9.17, 15) is 14.7 Å². The summed E-state index contributed by atoms with van der Waals surface area (Å²) in [5.74, 6) is -0.860. The molecule has 0 aliphatic carbocycles. The van der Waals surface area contributed by atoms with E-state index in [1.165, 1.54) is 0 Å². The number of rotatable bonds is 8. The molecule has 0 aromatic heterocycles. The van der Waals surface area contributed by atoms with Gasteiger partial charge in [-0.15, -0.1) is 0 Å². The van der Waals surface area contributed by atoms with Gasteiger partial charge >= 0.3 is 0 Å². The van der Waals surface area contributed by atoms with E-state index < -0.39 is 12.0 Å². The molecule has 1 fully saturated rings. The van der Waals surface area contributed by atoms with Gasteiger partial charge in [-0.05, 0) is 26.9 Å². The van der Waals surface area contributed by atoms with Crippen molar-refractivity contribution in [1.29, 1.82) is 0 Å². The Hall–Kier alpha value is -0.980. The minimum absolute atomic E-state index is 0.0583. The maximum absolute atomic E-state index is 12.7. The highest BCUT2D eigenvalue weighted by atomic mass is 16.3. The molecule has 4 atom stereocenters. The first-order valence-electron chi connectivity index (χ1n) is 8.28. The maximum Gasteiger partial charge on any atom is 0.227 e. The molecular formula is C16H31N3O3. The molecule has 0 aromatic carbocycles. The van der Waals surface area contributed by atoms with Crippen LogP contribution in [0.25, 0.3) is 0 Å². The lowest BCUT2D eigenvalue weighted by atomic mass is 9.86. The number of aldehydes is 1. The van der Waals surface area contributed by atoms with E-state index in [1.54, 1.807) is 14.0 Å². The lowest BCUT2D eigenvalue weighted by Gasteiger charge is -2.38. The van der Waals surface area contributed by atoms with E-state index in [1.807, 2.05) is 11.8 Å². The predicted molar refractivity (Wildman–Crippen MR) is 86.6 cm³/mol. The number of hydrogen-bond donors (Lipinski definition) is 2. The number of aliphatic hydroxyl groups is 1. The Balaban J connectivity index is 2.65. The zero-order valence-corrected chi connectivity index (χ0v) is 14.3. The predicted octanol–water partition coefficient (Wildman–Crippen LogP) is -0.0394. The highest BCUT2D eigenvalue weighted by molar-refractivity contribution is 5.80. The first-order valence-corrected chi connectivity index (χ1v) is 8.28. The Kier molecular flexibility index (Phi) is 8.00. The molecule has 22 heavy (non-hydrogen) atoms. The molecule has 0 saturated carbocycles. The first kappa shape index (κ1) is 19.1. The van der Waals surface area contributed by atoms with Gasteiger partial charge in [0, 0.05) is 32.2 Å². The average molecular weight is 313 g/mol. The van der Waals surface area contributed by atoms with Gasteiger partial charge in [-0.3, -0.25) is 9.69 Å². The molecule has 1 aliphatic rings. The van der Waals surface area contributed by atoms with Crippen LogP contribution in [0.5, 0.6) is 0 Å². The van der Waals surface area contributed by atoms with Crippen molar-refractivity contribution < 1.29 is 14.7 Å². The molecule has 1 saturated heterocycles. The van der Waals surface area contributed by atoms with Crippen molar-refractivity contribution in [3.63, 3.8) is 0 Å². The summed E-state index contributed by atoms with van der Waals surface area (Å²) in [7, 11) is 1.73. The molecule has 128 valence electrons. The van der Waals surface area contributed by atoms with Crippen molar-refractivity contribution in [2.45, 2.75) is 39.3 Å². The molecule has 1 amide bonds. The Morgan fingerprint density at radius 3 is 2.27 bits per heavy atom. The number of nitrogens with zero attached hydrogens (tertiary/aromatic N) is 2. The van der Waals surface area contributed by atoms with Crippen molar-refractivity contribution in [3.05, 3.63) is 0 Å². The molecule has 0 aromatic rings. The topological polar surface area (TPSA) is 72.9 Å². The van der Waals surface area contributed by atoms with Crippen molar-refractivity contribution in [1.82, 2.24) is 15.1 Å². The molecule has 1 aliphatic heterocycles. The van der Waals surface area contributed by atoms with E-state index in [0.29, 0.717) is 0 Å². The standard InChI is InChI=1S/C16H31N3O3/c1-5-6-18-7-9-19(10-8-18)16(22)12(2)15(17-4)14(11-20)13(3)21/h11-15,17,21H,5-10H2,1-4H3. The molecule has 0 radical (unpaired) electrons. The summed E-state index contributed by atoms with van der Waals surface area (Å²) >= 11 is 0. The second-order valence-corrected chi connectivity index (χ2v) is 6.22. The highest BCUT2D eigenvalue weighted by Crippen LogP contribution is 2.18. The Morgan fingerprint density at radius 1 is 1.27 bits per heavy atom. The maximum atomic E-state index is 12.7. The van der Waals surface area contributed by atoms with E-state index in [0.717, 1.165) is 45.4 Å². The minimum Gasteiger partial charge on any atom is -0.393 e. The van der Waals surface area contributed by atoms with Gasteiger partial charge in [-0.2, -0.15) is 0 Å². The molecular weight excluding hydrogens is 282 g/mol. The summed E-state index contributed by atoms with van der Waals surface area (Å²) in [5, 5.41) is 12.8. The van der Waals surface area contributed by atoms with Gasteiger partial charge in [-0.25, -0.2) is 0 Å². The number of piperazine rings is 1. The normalized spacial score (nSPS) is 22.0. The van der Waals surface area contributed by atoms with E-state index in [4.69, 9.17) is 0 Å². The molecule has 6 heteroatoms. The van der Waals surface area contributed by atoms with Gasteiger partial charge < -0.3 is 20.1 Å². The fourth-order valence-corrected chi connectivity index (χ4v) is 3.22. The van der Waals surface area contributed by atoms with Gasteiger partial charge in [-0.1, -0.05) is 13.8 Å². The fourth-order valence-electron chi connectivity index (χ4n) is 3.22. The molecule has 2 N–H and O–H groups in total. The number of nitrogens with one attached hydrogen (secondary N) is 1. The Labute approximate surface area is 133 Å². The van der Waals surface area contributed by atoms with E-state index >= 15 is 0 Å². The van der Waals surface area contributed by atoms with Crippen LogP contribution in [-0.4, -0.2) is 79.0 Å². The second kappa shape index (κ2) is 9.22. The Morgan fingerprint density at radius 2 is 1.86 bits per heavy atom. The lowest BCUT2D eigenvalue weighted by Crippen LogP contribution is -2.54. The number of hydrogen-bond acceptors (Lipinski definition) is 5. The molecule has 0 spiro atoms. The second-order valence-electron chi connectivity index (χ2n) is 6.22. The monoisotopic (exact) mass is 313 g/mol. The molecule has 1 rings (SSSR count). The number of aliphatic hydroxyl groups excluding tert-OH is 1. The molecule has 1 heterocycles. The van der Waals surface area contributed by atoms with Gasteiger partial charge in [0.2, 0.25) is 5.91 Å². The summed E-state index contributed by atoms with van der Waals surface area (Å²) < 4.78 is 0. The van der Waals surface area contributed by atoms with Crippen molar-refractivity contribution >= 4 is 12.2 Å². The van der Waals surface area contributed by atoms with E-state index in [2.05, 4.69) is 17.1 Å². The molecule has 4 unspecified atom stereocenters. The summed E-state index contributed by atoms with van der Waals surface area (Å²) in [6.45, 7) is 9.94. The molecule has 0 bridgehead atoms. The van der Waals surface area contributed by atoms with Crippen LogP contribution < -0.4 is 5.32 Å². The van der Waals surface area contributed by atoms with Gasteiger partial charge in [0.1, 0.15) is 6.29 Å². The van der Waals surface area contributed by atoms with Crippen LogP contribution in [0.3, 0.4) is 0 Å². The summed E-state index contributed by atoms with van der Waals surface area (Å²) in [6, 6.07) is -0.348. The van der Waals surface area contributed by atoms with Gasteiger partial charge in [0.25, 0.3) is 0 Å². The summed E-state index contributed by atoms with van der Waals surface area (Å²) in [5.41, 5.74) is 0. The van der Waals surface area contributed by atoms with Crippen LogP contribution in [0.4, 0.5) is 0 Å². The summed E-state index contributed by atoms with van der Waals surface area (Å²) in [6.07, 6.45) is 1.10. The lowest BCUT2D eigenvalue weighted by molar-refractivity contribution is -0.139. The van der Waals surface area contributed by atoms with Crippen LogP contribution >= 0.6 is 0 Å². The van der Waals surface area contributed by atoms with Crippen molar-refractivity contribution in [2.75, 3.05) is 39.8 Å². The average Bonchev–Trinajstić information content (AvgIpc) is 2.51. The van der Waals surface area contributed by atoms with Crippen molar-refractivity contribution in [3.8, 4) is 0 Å². The van der Waals surface area contributed by atoms with Crippen LogP contribution in [0.2, 0.25) is 0 Å². The SMILES string of the molecule is CCCN1CCN(C(=O)C(C)C(NC)C(C=O)C(C)O)CC1. The summed E-state index contributed by atoms with van der Waals surface area (Å²) in [4.78, 5) is 28.2. The zero-order chi connectivity index (χ0) is 16.7. The zero-order valence-electron chi connectivity index (χ0n) is 14.3. The Bertz CT molecular complexity index is 355. The van der Waals surface area contributed by atoms with Gasteiger partial charge in [0.05, 0.1) is 17.9 Å². The number of amides is 1. The third-order valence-electron chi connectivity index (χ3n) is 4.61. The number of carbonyl (C=O) groups is 2. The first-order chi connectivity index (χ1) is 10.5. The minimum atomic E-state index is -0.772. The fraction of sp³-hybridized carbons (Fsp3) is 0.875. The van der Waals surface area contributed by atoms with Crippen LogP contribution in [0.1, 0.15) is 27.2 Å². The van der Waals surface area contributed by atoms with Crippen molar-refractivity contribution in [2.24, 2.45) is 11.8 Å². The smallest absolute Gasteiger partial charge is 0.227 e. The van der Waals surface area contributed by atoms with Crippen LogP contribution in [0, 0.1) is 11.8 Å². The quantitative estimate of drug-likeness (QED) is 0.615. The van der Waals surface area contributed by atoms with Crippen LogP contribution in [0.15, 0.2) is 0 Å². The largest absolute Gasteiger partial charge is 0.393 e. The highest BCUT2D eigenvalue weighted by Gasteiger charge is 2.35. The molecule has 6 nitrogen and oxygen atoms in total. The third-order valence-corrected chi connectivity index (χ3v) is 4.61. The van der Waals surface area contributed by atoms with Gasteiger partial charge in [0.15, 0.2) is 0 Å². The van der Waals surface area contributed by atoms with Crippen LogP contribution in [-0.2, 0) is 9.59 Å². The van der Waals surface area contributed by atoms with E-state index in [-0.39, 0.29) is 17.9 Å². The number of carbonyl (C=O) groups excluding carboxylic acids is 2. The third kappa shape index (κ3) is 4.76.